The van der Waals surface area contributed by atoms with Gasteiger partial charge < -0.3 is 24.4 Å². The Morgan fingerprint density at radius 2 is 1.76 bits per heavy atom. The Morgan fingerprint density at radius 3 is 2.38 bits per heavy atom. The van der Waals surface area contributed by atoms with Crippen molar-refractivity contribution in [3.63, 3.8) is 0 Å². The molecule has 42 heavy (non-hydrogen) atoms. The number of nitrogens with one attached hydrogen (secondary N) is 1. The molecule has 2 aromatic rings. The van der Waals surface area contributed by atoms with E-state index < -0.39 is 36.4 Å². The van der Waals surface area contributed by atoms with Gasteiger partial charge in [0, 0.05) is 18.5 Å². The molecule has 1 aromatic carbocycles. The quantitative estimate of drug-likeness (QED) is 0.269. The van der Waals surface area contributed by atoms with E-state index in [0.29, 0.717) is 46.7 Å². The minimum atomic E-state index is -3.04. The minimum Gasteiger partial charge on any atom is -0.870 e. The number of carbonyl (C=O) groups excluding carboxylic acids is 2. The number of aromatic amines is 1. The Kier molecular flexibility index (Phi) is 11.6. The topological polar surface area (TPSA) is 118 Å². The number of carbonyl (C=O) groups is 2. The number of hydrogen-bond donors (Lipinski definition) is 0. The molecule has 2 aliphatic rings. The first-order valence-corrected chi connectivity index (χ1v) is 14.4. The van der Waals surface area contributed by atoms with E-state index in [1.165, 1.54) is 23.1 Å². The molecule has 9 nitrogen and oxygen atoms in total. The number of likely N-dealkylation sites (tertiary alicyclic amines) is 1. The number of H-pyrrole nitrogens is 1. The van der Waals surface area contributed by atoms with E-state index in [-0.39, 0.29) is 23.4 Å². The van der Waals surface area contributed by atoms with Crippen molar-refractivity contribution in [2.24, 2.45) is 5.92 Å². The molecule has 2 atom stereocenters. The van der Waals surface area contributed by atoms with Gasteiger partial charge in [-0.05, 0) is 76.5 Å². The van der Waals surface area contributed by atoms with Crippen LogP contribution in [0, 0.1) is 5.92 Å². The monoisotopic (exact) mass is 632 g/mol. The highest BCUT2D eigenvalue weighted by atomic mass is 35.5. The molecule has 13 heteroatoms. The molecule has 2 heterocycles. The summed E-state index contributed by atoms with van der Waals surface area (Å²) in [5.74, 6) is -0.274. The highest BCUT2D eigenvalue weighted by molar-refractivity contribution is 6.35. The number of amides is 1. The summed E-state index contributed by atoms with van der Waals surface area (Å²) >= 11 is 12.8. The van der Waals surface area contributed by atoms with Crippen molar-refractivity contribution in [1.82, 2.24) is 4.90 Å². The van der Waals surface area contributed by atoms with Crippen molar-refractivity contribution in [2.75, 3.05) is 13.2 Å². The average Bonchev–Trinajstić information content (AvgIpc) is 3.73. The van der Waals surface area contributed by atoms with Gasteiger partial charge in [0.15, 0.2) is 23.9 Å². The highest BCUT2D eigenvalue weighted by Crippen LogP contribution is 2.38. The fourth-order valence-corrected chi connectivity index (χ4v) is 5.07. The van der Waals surface area contributed by atoms with Crippen LogP contribution in [0.3, 0.4) is 0 Å². The molecule has 1 saturated carbocycles. The number of ether oxygens (including phenoxy) is 4. The highest BCUT2D eigenvalue weighted by Gasteiger charge is 2.37. The summed E-state index contributed by atoms with van der Waals surface area (Å²) in [4.78, 5) is 30.8. The van der Waals surface area contributed by atoms with Crippen molar-refractivity contribution in [2.45, 2.75) is 83.7 Å². The third-order valence-electron chi connectivity index (χ3n) is 6.77. The molecule has 4 rings (SSSR count). The second-order valence-electron chi connectivity index (χ2n) is 11.3. The Hall–Kier alpha value is -2.89. The molecule has 0 radical (unpaired) electrons. The van der Waals surface area contributed by atoms with Crippen LogP contribution in [0.5, 0.6) is 11.5 Å². The predicted octanol–water partition coefficient (Wildman–Crippen LogP) is 6.64. The summed E-state index contributed by atoms with van der Waals surface area (Å²) in [6, 6.07) is 3.56. The zero-order valence-electron chi connectivity index (χ0n) is 23.7. The maximum atomic E-state index is 13.6. The number of esters is 1. The minimum absolute atomic E-state index is 0. The number of pyridine rings is 1. The normalized spacial score (nSPS) is 17.7. The SMILES string of the molecule is CC(C)(C)OC(=O)N1CCCC[C@H]1C(=O)O[C@@H](Cc1c(Cl)c[nH+]cc1Cl)c1ccc(OC(F)F)c(OCC2CC2)c1.[OH-]. The molecule has 1 saturated heterocycles. The summed E-state index contributed by atoms with van der Waals surface area (Å²) in [5, 5.41) is 0.656. The number of alkyl halides is 2. The summed E-state index contributed by atoms with van der Waals surface area (Å²) < 4.78 is 48.3. The number of hydrogen-bond acceptors (Lipinski definition) is 7. The van der Waals surface area contributed by atoms with Crippen LogP contribution < -0.4 is 14.5 Å². The second kappa shape index (κ2) is 14.5. The van der Waals surface area contributed by atoms with Gasteiger partial charge in [0.25, 0.3) is 0 Å². The van der Waals surface area contributed by atoms with E-state index in [1.54, 1.807) is 33.2 Å². The lowest BCUT2D eigenvalue weighted by molar-refractivity contribution is -0.377. The number of aromatic nitrogens is 1. The second-order valence-corrected chi connectivity index (χ2v) is 12.1. The fraction of sp³-hybridized carbons (Fsp3) is 0.552. The Bertz CT molecular complexity index is 1220. The van der Waals surface area contributed by atoms with E-state index in [1.807, 2.05) is 0 Å². The lowest BCUT2D eigenvalue weighted by Crippen LogP contribution is -2.50. The first kappa shape index (κ1) is 33.6. The van der Waals surface area contributed by atoms with Gasteiger partial charge in [-0.2, -0.15) is 8.78 Å². The van der Waals surface area contributed by atoms with E-state index in [9.17, 15) is 18.4 Å². The first-order valence-electron chi connectivity index (χ1n) is 13.7. The number of nitrogens with zero attached hydrogens (tertiary/aromatic N) is 1. The van der Waals surface area contributed by atoms with Crippen LogP contribution in [0.2, 0.25) is 10.0 Å². The summed E-state index contributed by atoms with van der Waals surface area (Å²) in [7, 11) is 0. The Labute approximate surface area is 253 Å². The van der Waals surface area contributed by atoms with Crippen molar-refractivity contribution in [3.8, 4) is 11.5 Å². The molecule has 2 N–H and O–H groups in total. The molecule has 1 aromatic heterocycles. The van der Waals surface area contributed by atoms with Crippen LogP contribution >= 0.6 is 23.2 Å². The van der Waals surface area contributed by atoms with E-state index >= 15 is 0 Å². The molecule has 1 aliphatic carbocycles. The van der Waals surface area contributed by atoms with E-state index in [4.69, 9.17) is 37.4 Å². The molecule has 1 amide bonds. The Balaban J connectivity index is 0.00000484. The molecule has 2 fully saturated rings. The van der Waals surface area contributed by atoms with Gasteiger partial charge in [-0.15, -0.1) is 0 Å². The van der Waals surface area contributed by atoms with Gasteiger partial charge in [0.05, 0.1) is 6.61 Å². The Morgan fingerprint density at radius 1 is 1.07 bits per heavy atom. The maximum Gasteiger partial charge on any atom is 0.411 e. The first-order chi connectivity index (χ1) is 19.4. The largest absolute Gasteiger partial charge is 0.870 e. The zero-order chi connectivity index (χ0) is 29.7. The maximum absolute atomic E-state index is 13.6. The van der Waals surface area contributed by atoms with Gasteiger partial charge in [-0.3, -0.25) is 4.90 Å². The number of piperidine rings is 1. The van der Waals surface area contributed by atoms with Crippen LogP contribution in [-0.4, -0.2) is 53.8 Å². The summed E-state index contributed by atoms with van der Waals surface area (Å²) in [5.41, 5.74) is 0.249. The third kappa shape index (κ3) is 9.31. The average molecular weight is 634 g/mol. The van der Waals surface area contributed by atoms with Gasteiger partial charge >= 0.3 is 18.7 Å². The van der Waals surface area contributed by atoms with Gasteiger partial charge in [-0.25, -0.2) is 14.6 Å². The molecular weight excluding hydrogens is 597 g/mol. The molecule has 0 spiro atoms. The lowest BCUT2D eigenvalue weighted by atomic mass is 10.00. The van der Waals surface area contributed by atoms with E-state index in [2.05, 4.69) is 9.72 Å². The van der Waals surface area contributed by atoms with Crippen molar-refractivity contribution < 1.29 is 47.8 Å². The number of rotatable bonds is 10. The number of halogens is 4. The standard InChI is InChI=1S/C29H34Cl2F2N2O6.H2O/c1-29(2,3)41-28(37)35-11-5-4-6-22(35)26(36)39-24(13-19-20(30)14-34-15-21(19)31)18-9-10-23(40-27(32)33)25(12-18)38-16-17-7-8-17;/h9-10,12,14-15,17,22,24,27H,4-8,11,13,16H2,1-3H3;1H2/t22-,24-;/m0./s1. The molecule has 0 bridgehead atoms. The third-order valence-corrected chi connectivity index (χ3v) is 7.45. The smallest absolute Gasteiger partial charge is 0.411 e. The zero-order valence-corrected chi connectivity index (χ0v) is 25.2. The van der Waals surface area contributed by atoms with Crippen LogP contribution in [0.1, 0.15) is 70.1 Å². The molecule has 0 unspecified atom stereocenters. The van der Waals surface area contributed by atoms with Crippen LogP contribution in [-0.2, 0) is 20.7 Å². The van der Waals surface area contributed by atoms with Crippen molar-refractivity contribution >= 4 is 35.3 Å². The van der Waals surface area contributed by atoms with Gasteiger partial charge in [-0.1, -0.05) is 29.3 Å². The van der Waals surface area contributed by atoms with E-state index in [0.717, 1.165) is 25.7 Å². The van der Waals surface area contributed by atoms with Crippen LogP contribution in [0.25, 0.3) is 0 Å². The molecular formula is C29H36Cl2F2N2O7. The number of benzene rings is 1. The van der Waals surface area contributed by atoms with Crippen molar-refractivity contribution in [1.29, 1.82) is 0 Å². The lowest BCUT2D eigenvalue weighted by Gasteiger charge is -2.36. The summed E-state index contributed by atoms with van der Waals surface area (Å²) in [6.45, 7) is 2.94. The predicted molar refractivity (Wildman–Crippen MR) is 149 cm³/mol. The van der Waals surface area contributed by atoms with Gasteiger partial charge in [0.1, 0.15) is 27.8 Å². The molecule has 232 valence electrons. The van der Waals surface area contributed by atoms with Crippen LogP contribution in [0.15, 0.2) is 30.6 Å². The molecule has 1 aliphatic heterocycles. The fourth-order valence-electron chi connectivity index (χ4n) is 4.54. The van der Waals surface area contributed by atoms with Crippen LogP contribution in [0.4, 0.5) is 13.6 Å². The summed E-state index contributed by atoms with van der Waals surface area (Å²) in [6.07, 6.45) is 5.52. The van der Waals surface area contributed by atoms with Crippen molar-refractivity contribution in [3.05, 3.63) is 51.8 Å². The van der Waals surface area contributed by atoms with Gasteiger partial charge in [0.2, 0.25) is 0 Å².